The van der Waals surface area contributed by atoms with E-state index in [4.69, 9.17) is 4.74 Å². The molecule has 1 saturated heterocycles. The molecule has 1 heterocycles. The summed E-state index contributed by atoms with van der Waals surface area (Å²) in [7, 11) is 1.65. The first-order valence-corrected chi connectivity index (χ1v) is 11.8. The summed E-state index contributed by atoms with van der Waals surface area (Å²) in [5, 5.41) is 10.7. The fraction of sp³-hybridized carbons (Fsp3) is 0.720. The highest BCUT2D eigenvalue weighted by molar-refractivity contribution is 5.78. The van der Waals surface area contributed by atoms with E-state index in [9.17, 15) is 9.90 Å². The van der Waals surface area contributed by atoms with Gasteiger partial charge in [0.25, 0.3) is 0 Å². The molecule has 2 rings (SSSR count). The second-order valence-corrected chi connectivity index (χ2v) is 8.52. The number of ether oxygens (including phenoxy) is 1. The SMILES string of the molecule is CCCCCCCCCCCC[C@H](O)[C@@H]1CCC(=O)N1Cc1cccc(OC)c1. The molecule has 0 aromatic heterocycles. The second kappa shape index (κ2) is 13.6. The van der Waals surface area contributed by atoms with Crippen molar-refractivity contribution >= 4 is 5.91 Å². The van der Waals surface area contributed by atoms with E-state index >= 15 is 0 Å². The molecule has 164 valence electrons. The van der Waals surface area contributed by atoms with Crippen molar-refractivity contribution in [2.45, 2.75) is 109 Å². The standard InChI is InChI=1S/C25H41NO3/c1-3-4-5-6-7-8-9-10-11-12-16-24(27)23-17-18-25(28)26(23)20-21-14-13-15-22(19-21)29-2/h13-15,19,23-24,27H,3-12,16-18,20H2,1-2H3/t23-,24-/m0/s1. The molecule has 4 nitrogen and oxygen atoms in total. The third kappa shape index (κ3) is 8.38. The molecular weight excluding hydrogens is 362 g/mol. The Morgan fingerprint density at radius 1 is 1.07 bits per heavy atom. The molecule has 0 aliphatic carbocycles. The van der Waals surface area contributed by atoms with E-state index in [2.05, 4.69) is 6.92 Å². The number of hydrogen-bond donors (Lipinski definition) is 1. The van der Waals surface area contributed by atoms with Gasteiger partial charge in [0.05, 0.1) is 19.3 Å². The molecular formula is C25H41NO3. The first-order valence-electron chi connectivity index (χ1n) is 11.8. The number of carbonyl (C=O) groups excluding carboxylic acids is 1. The molecule has 1 aromatic carbocycles. The van der Waals surface area contributed by atoms with E-state index in [1.807, 2.05) is 29.2 Å². The predicted octanol–water partition coefficient (Wildman–Crippen LogP) is 5.86. The Hall–Kier alpha value is -1.55. The Labute approximate surface area is 177 Å². The first-order chi connectivity index (χ1) is 14.2. The minimum atomic E-state index is -0.416. The van der Waals surface area contributed by atoms with Crippen molar-refractivity contribution in [2.24, 2.45) is 0 Å². The van der Waals surface area contributed by atoms with Crippen molar-refractivity contribution in [3.8, 4) is 5.75 Å². The average molecular weight is 404 g/mol. The molecule has 1 fully saturated rings. The number of likely N-dealkylation sites (tertiary alicyclic amines) is 1. The summed E-state index contributed by atoms with van der Waals surface area (Å²) in [5.41, 5.74) is 1.05. The Bertz CT molecular complexity index is 589. The maximum Gasteiger partial charge on any atom is 0.223 e. The van der Waals surface area contributed by atoms with Gasteiger partial charge in [-0.05, 0) is 30.5 Å². The number of amides is 1. The van der Waals surface area contributed by atoms with Gasteiger partial charge in [-0.2, -0.15) is 0 Å². The largest absolute Gasteiger partial charge is 0.497 e. The van der Waals surface area contributed by atoms with Crippen LogP contribution in [-0.2, 0) is 11.3 Å². The van der Waals surface area contributed by atoms with E-state index in [0.29, 0.717) is 13.0 Å². The second-order valence-electron chi connectivity index (χ2n) is 8.52. The zero-order valence-electron chi connectivity index (χ0n) is 18.6. The normalized spacial score (nSPS) is 17.7. The first kappa shape index (κ1) is 23.7. The van der Waals surface area contributed by atoms with Gasteiger partial charge < -0.3 is 14.7 Å². The van der Waals surface area contributed by atoms with Crippen LogP contribution in [0.4, 0.5) is 0 Å². The van der Waals surface area contributed by atoms with E-state index in [0.717, 1.165) is 30.6 Å². The zero-order chi connectivity index (χ0) is 20.9. The molecule has 4 heteroatoms. The van der Waals surface area contributed by atoms with Gasteiger partial charge in [0.15, 0.2) is 0 Å². The molecule has 1 amide bonds. The number of aliphatic hydroxyl groups is 1. The van der Waals surface area contributed by atoms with Gasteiger partial charge in [-0.15, -0.1) is 0 Å². The van der Waals surface area contributed by atoms with Gasteiger partial charge in [-0.25, -0.2) is 0 Å². The minimum Gasteiger partial charge on any atom is -0.497 e. The lowest BCUT2D eigenvalue weighted by molar-refractivity contribution is -0.131. The summed E-state index contributed by atoms with van der Waals surface area (Å²) in [6.07, 6.45) is 14.7. The van der Waals surface area contributed by atoms with Gasteiger partial charge >= 0.3 is 0 Å². The molecule has 0 unspecified atom stereocenters. The maximum atomic E-state index is 12.4. The van der Waals surface area contributed by atoms with Crippen molar-refractivity contribution in [1.82, 2.24) is 4.90 Å². The number of benzene rings is 1. The van der Waals surface area contributed by atoms with Crippen LogP contribution in [0, 0.1) is 0 Å². The number of rotatable bonds is 15. The predicted molar refractivity (Wildman–Crippen MR) is 119 cm³/mol. The lowest BCUT2D eigenvalue weighted by atomic mass is 10.00. The maximum absolute atomic E-state index is 12.4. The third-order valence-electron chi connectivity index (χ3n) is 6.16. The molecule has 2 atom stereocenters. The van der Waals surface area contributed by atoms with E-state index in [1.165, 1.54) is 57.8 Å². The number of carbonyl (C=O) groups is 1. The summed E-state index contributed by atoms with van der Waals surface area (Å²) in [4.78, 5) is 14.2. The van der Waals surface area contributed by atoms with Crippen LogP contribution in [0.1, 0.15) is 96.0 Å². The van der Waals surface area contributed by atoms with Crippen LogP contribution in [0.15, 0.2) is 24.3 Å². The summed E-state index contributed by atoms with van der Waals surface area (Å²) < 4.78 is 5.29. The van der Waals surface area contributed by atoms with Crippen molar-refractivity contribution in [1.29, 1.82) is 0 Å². The molecule has 1 N–H and O–H groups in total. The van der Waals surface area contributed by atoms with Crippen LogP contribution in [0.5, 0.6) is 5.75 Å². The summed E-state index contributed by atoms with van der Waals surface area (Å²) in [6, 6.07) is 7.79. The van der Waals surface area contributed by atoms with Gasteiger partial charge in [-0.3, -0.25) is 4.79 Å². The van der Waals surface area contributed by atoms with Crippen LogP contribution >= 0.6 is 0 Å². The van der Waals surface area contributed by atoms with Gasteiger partial charge in [0.1, 0.15) is 5.75 Å². The number of nitrogens with zero attached hydrogens (tertiary/aromatic N) is 1. The molecule has 0 radical (unpaired) electrons. The number of aliphatic hydroxyl groups excluding tert-OH is 1. The highest BCUT2D eigenvalue weighted by Gasteiger charge is 2.35. The lowest BCUT2D eigenvalue weighted by Crippen LogP contribution is -2.40. The molecule has 0 spiro atoms. The summed E-state index contributed by atoms with van der Waals surface area (Å²) in [6.45, 7) is 2.81. The Morgan fingerprint density at radius 2 is 1.72 bits per heavy atom. The Balaban J connectivity index is 1.66. The smallest absolute Gasteiger partial charge is 0.223 e. The van der Waals surface area contributed by atoms with Gasteiger partial charge in [0, 0.05) is 13.0 Å². The summed E-state index contributed by atoms with van der Waals surface area (Å²) in [5.74, 6) is 0.955. The van der Waals surface area contributed by atoms with Crippen LogP contribution in [0.2, 0.25) is 0 Å². The van der Waals surface area contributed by atoms with Crippen LogP contribution in [0.25, 0.3) is 0 Å². The average Bonchev–Trinajstić information content (AvgIpc) is 3.09. The van der Waals surface area contributed by atoms with Crippen molar-refractivity contribution in [2.75, 3.05) is 7.11 Å². The molecule has 1 aliphatic rings. The third-order valence-corrected chi connectivity index (χ3v) is 6.16. The molecule has 0 bridgehead atoms. The zero-order valence-corrected chi connectivity index (χ0v) is 18.6. The van der Waals surface area contributed by atoms with E-state index in [-0.39, 0.29) is 11.9 Å². The molecule has 1 aromatic rings. The van der Waals surface area contributed by atoms with Crippen molar-refractivity contribution in [3.63, 3.8) is 0 Å². The van der Waals surface area contributed by atoms with Gasteiger partial charge in [-0.1, -0.05) is 83.3 Å². The fourth-order valence-electron chi connectivity index (χ4n) is 4.36. The number of methoxy groups -OCH3 is 1. The number of hydrogen-bond acceptors (Lipinski definition) is 3. The molecule has 1 aliphatic heterocycles. The highest BCUT2D eigenvalue weighted by Crippen LogP contribution is 2.27. The fourth-order valence-corrected chi connectivity index (χ4v) is 4.36. The highest BCUT2D eigenvalue weighted by atomic mass is 16.5. The molecule has 0 saturated carbocycles. The Kier molecular flexibility index (Phi) is 11.2. The van der Waals surface area contributed by atoms with Gasteiger partial charge in [0.2, 0.25) is 5.91 Å². The topological polar surface area (TPSA) is 49.8 Å². The monoisotopic (exact) mass is 403 g/mol. The van der Waals surface area contributed by atoms with E-state index in [1.54, 1.807) is 7.11 Å². The Morgan fingerprint density at radius 3 is 2.38 bits per heavy atom. The van der Waals surface area contributed by atoms with Crippen LogP contribution < -0.4 is 4.74 Å². The number of unbranched alkanes of at least 4 members (excludes halogenated alkanes) is 9. The summed E-state index contributed by atoms with van der Waals surface area (Å²) >= 11 is 0. The van der Waals surface area contributed by atoms with Crippen LogP contribution in [0.3, 0.4) is 0 Å². The lowest BCUT2D eigenvalue weighted by Gasteiger charge is -2.29. The molecule has 29 heavy (non-hydrogen) atoms. The van der Waals surface area contributed by atoms with E-state index < -0.39 is 6.10 Å². The van der Waals surface area contributed by atoms with Crippen molar-refractivity contribution in [3.05, 3.63) is 29.8 Å². The van der Waals surface area contributed by atoms with Crippen molar-refractivity contribution < 1.29 is 14.6 Å². The quantitative estimate of drug-likeness (QED) is 0.373. The minimum absolute atomic E-state index is 0.0488. The van der Waals surface area contributed by atoms with Crippen LogP contribution in [-0.4, -0.2) is 35.2 Å².